The van der Waals surface area contributed by atoms with Crippen molar-refractivity contribution in [2.24, 2.45) is 5.84 Å². The van der Waals surface area contributed by atoms with Crippen molar-refractivity contribution in [2.45, 2.75) is 12.5 Å². The largest absolute Gasteiger partial charge is 0.271 e. The summed E-state index contributed by atoms with van der Waals surface area (Å²) in [7, 11) is 0. The van der Waals surface area contributed by atoms with Gasteiger partial charge in [0.05, 0.1) is 9.83 Å². The van der Waals surface area contributed by atoms with E-state index in [2.05, 4.69) is 49.4 Å². The molecule has 0 aliphatic carbocycles. The number of benzene rings is 1. The van der Waals surface area contributed by atoms with Crippen molar-refractivity contribution in [2.75, 3.05) is 0 Å². The fraction of sp³-hybridized carbons (Fsp3) is 0.167. The monoisotopic (exact) mass is 374 g/mol. The van der Waals surface area contributed by atoms with E-state index in [0.717, 1.165) is 14.7 Å². The first-order valence-corrected chi connectivity index (χ1v) is 7.55. The van der Waals surface area contributed by atoms with Crippen LogP contribution in [0.4, 0.5) is 0 Å². The van der Waals surface area contributed by atoms with Gasteiger partial charge >= 0.3 is 0 Å². The second kappa shape index (κ2) is 6.11. The zero-order valence-electron chi connectivity index (χ0n) is 8.99. The summed E-state index contributed by atoms with van der Waals surface area (Å²) in [5.41, 5.74) is 4.13. The van der Waals surface area contributed by atoms with E-state index in [-0.39, 0.29) is 6.04 Å². The van der Waals surface area contributed by atoms with Gasteiger partial charge in [0.1, 0.15) is 0 Å². The molecule has 0 bridgehead atoms. The Labute approximate surface area is 121 Å². The van der Waals surface area contributed by atoms with Crippen molar-refractivity contribution >= 4 is 43.2 Å². The van der Waals surface area contributed by atoms with Crippen molar-refractivity contribution in [3.63, 3.8) is 0 Å². The Bertz CT molecular complexity index is 499. The van der Waals surface area contributed by atoms with Crippen molar-refractivity contribution in [3.8, 4) is 0 Å². The maximum atomic E-state index is 5.64. The summed E-state index contributed by atoms with van der Waals surface area (Å²) in [5.74, 6) is 5.64. The van der Waals surface area contributed by atoms with Gasteiger partial charge in [-0.2, -0.15) is 0 Å². The van der Waals surface area contributed by atoms with E-state index >= 15 is 0 Å². The summed E-state index contributed by atoms with van der Waals surface area (Å²) in [6.45, 7) is 0. The van der Waals surface area contributed by atoms with Crippen LogP contribution in [0.5, 0.6) is 0 Å². The molecular formula is C12H12Br2N2S. The van der Waals surface area contributed by atoms with Gasteiger partial charge < -0.3 is 0 Å². The average Bonchev–Trinajstić information content (AvgIpc) is 2.75. The number of halogens is 2. The highest BCUT2D eigenvalue weighted by Gasteiger charge is 2.14. The molecule has 1 aromatic heterocycles. The lowest BCUT2D eigenvalue weighted by Crippen LogP contribution is -2.29. The van der Waals surface area contributed by atoms with E-state index < -0.39 is 0 Å². The smallest absolute Gasteiger partial charge is 0.0702 e. The molecule has 2 rings (SSSR count). The van der Waals surface area contributed by atoms with Crippen LogP contribution >= 0.6 is 43.2 Å². The van der Waals surface area contributed by atoms with Gasteiger partial charge in [-0.25, -0.2) is 0 Å². The molecule has 1 aromatic carbocycles. The van der Waals surface area contributed by atoms with Gasteiger partial charge in [-0.3, -0.25) is 11.3 Å². The molecule has 3 N–H and O–H groups in total. The summed E-state index contributed by atoms with van der Waals surface area (Å²) in [6, 6.07) is 12.5. The maximum Gasteiger partial charge on any atom is 0.0702 e. The molecule has 0 fully saturated rings. The van der Waals surface area contributed by atoms with E-state index in [1.807, 2.05) is 24.3 Å². The van der Waals surface area contributed by atoms with Crippen molar-refractivity contribution in [1.29, 1.82) is 0 Å². The second-order valence-corrected chi connectivity index (χ2v) is 7.01. The Morgan fingerprint density at radius 2 is 1.94 bits per heavy atom. The van der Waals surface area contributed by atoms with Crippen molar-refractivity contribution in [1.82, 2.24) is 5.43 Å². The highest BCUT2D eigenvalue weighted by atomic mass is 79.9. The normalized spacial score (nSPS) is 12.6. The summed E-state index contributed by atoms with van der Waals surface area (Å²) in [5, 5.41) is 0. The van der Waals surface area contributed by atoms with E-state index in [0.29, 0.717) is 0 Å². The third kappa shape index (κ3) is 3.39. The fourth-order valence-corrected chi connectivity index (χ4v) is 3.57. The van der Waals surface area contributed by atoms with Crippen LogP contribution in [-0.4, -0.2) is 0 Å². The predicted molar refractivity (Wildman–Crippen MR) is 79.9 cm³/mol. The van der Waals surface area contributed by atoms with E-state index in [9.17, 15) is 0 Å². The molecule has 17 heavy (non-hydrogen) atoms. The average molecular weight is 376 g/mol. The van der Waals surface area contributed by atoms with Crippen LogP contribution in [0.3, 0.4) is 0 Å². The zero-order valence-corrected chi connectivity index (χ0v) is 13.0. The van der Waals surface area contributed by atoms with Gasteiger partial charge in [0.25, 0.3) is 0 Å². The highest BCUT2D eigenvalue weighted by Crippen LogP contribution is 2.30. The highest BCUT2D eigenvalue weighted by molar-refractivity contribution is 9.11. The van der Waals surface area contributed by atoms with E-state index in [1.165, 1.54) is 10.4 Å². The minimum Gasteiger partial charge on any atom is -0.271 e. The summed E-state index contributed by atoms with van der Waals surface area (Å²) < 4.78 is 2.25. The lowest BCUT2D eigenvalue weighted by molar-refractivity contribution is 0.560. The molecule has 1 atom stereocenters. The molecule has 1 heterocycles. The number of hydrazine groups is 1. The van der Waals surface area contributed by atoms with Crippen molar-refractivity contribution in [3.05, 3.63) is 55.1 Å². The molecule has 0 radical (unpaired) electrons. The van der Waals surface area contributed by atoms with Crippen LogP contribution < -0.4 is 11.3 Å². The van der Waals surface area contributed by atoms with Crippen LogP contribution in [-0.2, 0) is 6.42 Å². The first-order valence-electron chi connectivity index (χ1n) is 5.15. The number of hydrogen-bond donors (Lipinski definition) is 2. The molecule has 2 nitrogen and oxygen atoms in total. The molecule has 0 spiro atoms. The Kier molecular flexibility index (Phi) is 4.76. The van der Waals surface area contributed by atoms with Gasteiger partial charge in [-0.1, -0.05) is 34.1 Å². The van der Waals surface area contributed by atoms with Crippen LogP contribution in [0, 0.1) is 0 Å². The Balaban J connectivity index is 2.18. The molecule has 90 valence electrons. The van der Waals surface area contributed by atoms with Crippen LogP contribution in [0.1, 0.15) is 16.5 Å². The summed E-state index contributed by atoms with van der Waals surface area (Å²) in [6.07, 6.45) is 0.866. The van der Waals surface area contributed by atoms with Gasteiger partial charge in [0.15, 0.2) is 0 Å². The van der Waals surface area contributed by atoms with E-state index in [4.69, 9.17) is 5.84 Å². The van der Waals surface area contributed by atoms with Gasteiger partial charge in [0.2, 0.25) is 0 Å². The standard InChI is InChI=1S/C12H12Br2N2S/c13-9-4-2-1-3-8(9)7-10(16-15)11-5-6-12(14)17-11/h1-6,10,16H,7,15H2. The molecule has 2 aromatic rings. The number of rotatable bonds is 4. The Morgan fingerprint density at radius 1 is 1.18 bits per heavy atom. The number of hydrogen-bond acceptors (Lipinski definition) is 3. The molecule has 0 amide bonds. The molecular weight excluding hydrogens is 364 g/mol. The topological polar surface area (TPSA) is 38.0 Å². The Morgan fingerprint density at radius 3 is 2.53 bits per heavy atom. The maximum absolute atomic E-state index is 5.64. The first-order chi connectivity index (χ1) is 8.20. The quantitative estimate of drug-likeness (QED) is 0.625. The van der Waals surface area contributed by atoms with Crippen molar-refractivity contribution < 1.29 is 0 Å². The summed E-state index contributed by atoms with van der Waals surface area (Å²) >= 11 is 8.73. The molecule has 0 saturated heterocycles. The van der Waals surface area contributed by atoms with Gasteiger partial charge in [0, 0.05) is 9.35 Å². The summed E-state index contributed by atoms with van der Waals surface area (Å²) in [4.78, 5) is 1.23. The molecule has 0 saturated carbocycles. The molecule has 1 unspecified atom stereocenters. The number of thiophene rings is 1. The lowest BCUT2D eigenvalue weighted by atomic mass is 10.1. The molecule has 5 heteroatoms. The number of nitrogens with one attached hydrogen (secondary N) is 1. The zero-order chi connectivity index (χ0) is 12.3. The lowest BCUT2D eigenvalue weighted by Gasteiger charge is -2.15. The minimum absolute atomic E-state index is 0.144. The minimum atomic E-state index is 0.144. The fourth-order valence-electron chi connectivity index (χ4n) is 1.64. The first kappa shape index (κ1) is 13.2. The van der Waals surface area contributed by atoms with Crippen LogP contribution in [0.15, 0.2) is 44.7 Å². The van der Waals surface area contributed by atoms with Crippen LogP contribution in [0.2, 0.25) is 0 Å². The van der Waals surface area contributed by atoms with E-state index in [1.54, 1.807) is 11.3 Å². The predicted octanol–water partition coefficient (Wildman–Crippen LogP) is 4.02. The third-order valence-electron chi connectivity index (χ3n) is 2.52. The second-order valence-electron chi connectivity index (χ2n) is 3.66. The van der Waals surface area contributed by atoms with Crippen LogP contribution in [0.25, 0.3) is 0 Å². The van der Waals surface area contributed by atoms with Gasteiger partial charge in [-0.05, 0) is 46.1 Å². The third-order valence-corrected chi connectivity index (χ3v) is 5.03. The Hall–Kier alpha value is -0.200. The number of nitrogens with two attached hydrogens (primary N) is 1. The SMILES string of the molecule is NNC(Cc1ccccc1Br)c1ccc(Br)s1. The van der Waals surface area contributed by atoms with Gasteiger partial charge in [-0.15, -0.1) is 11.3 Å². The molecule has 0 aliphatic heterocycles. The molecule has 0 aliphatic rings.